The molecule has 0 bridgehead atoms. The molecule has 0 fully saturated rings. The first-order chi connectivity index (χ1) is 7.61. The number of allylic oxidation sites excluding steroid dienone is 2. The standard InChI is InChI=1S/C12H13.2C2H5.Zn/c1-9(2)11-5-7-12(8-6-11)10(3)4;2*1-2;/h5-7H,1,3H2,2,4H3;2*1H2,2H3;/q3*-1;. The van der Waals surface area contributed by atoms with Crippen LogP contribution in [0.3, 0.4) is 0 Å². The Kier molecular flexibility index (Phi) is 17.0. The van der Waals surface area contributed by atoms with E-state index in [1.807, 2.05) is 32.0 Å². The van der Waals surface area contributed by atoms with Crippen molar-refractivity contribution in [1.29, 1.82) is 0 Å². The molecule has 0 spiro atoms. The molecule has 0 heterocycles. The van der Waals surface area contributed by atoms with Gasteiger partial charge in [-0.1, -0.05) is 12.5 Å². The van der Waals surface area contributed by atoms with E-state index in [2.05, 4.69) is 33.1 Å². The van der Waals surface area contributed by atoms with Gasteiger partial charge in [-0.05, 0) is 6.92 Å². The van der Waals surface area contributed by atoms with E-state index in [0.717, 1.165) is 22.3 Å². The third-order valence-corrected chi connectivity index (χ3v) is 1.77. The van der Waals surface area contributed by atoms with Gasteiger partial charge in [0.1, 0.15) is 0 Å². The summed E-state index contributed by atoms with van der Waals surface area (Å²) >= 11 is 0. The SMILES string of the molecule is C=C(C)c1[c-]cc(C(=C)C)cc1.[CH2-]C.[CH2-]C.[Zn]. The molecule has 1 heteroatoms. The molecule has 92 valence electrons. The van der Waals surface area contributed by atoms with Crippen molar-refractivity contribution in [3.8, 4) is 0 Å². The minimum absolute atomic E-state index is 0. The smallest absolute Gasteiger partial charge is 0 e. The van der Waals surface area contributed by atoms with Crippen molar-refractivity contribution in [2.24, 2.45) is 0 Å². The molecule has 0 N–H and O–H groups in total. The summed E-state index contributed by atoms with van der Waals surface area (Å²) in [5.74, 6) is 0. The first-order valence-corrected chi connectivity index (χ1v) is 5.36. The Morgan fingerprint density at radius 2 is 1.47 bits per heavy atom. The van der Waals surface area contributed by atoms with Gasteiger partial charge in [-0.3, -0.25) is 0 Å². The van der Waals surface area contributed by atoms with Crippen LogP contribution in [0, 0.1) is 19.9 Å². The zero-order chi connectivity index (χ0) is 13.1. The molecule has 0 saturated carbocycles. The van der Waals surface area contributed by atoms with E-state index in [0.29, 0.717) is 0 Å². The predicted octanol–water partition coefficient (Wildman–Crippen LogP) is 5.23. The van der Waals surface area contributed by atoms with E-state index in [1.54, 1.807) is 13.8 Å². The van der Waals surface area contributed by atoms with E-state index >= 15 is 0 Å². The van der Waals surface area contributed by atoms with Crippen LogP contribution in [-0.2, 0) is 19.5 Å². The normalized spacial score (nSPS) is 7.41. The van der Waals surface area contributed by atoms with E-state index in [9.17, 15) is 0 Å². The van der Waals surface area contributed by atoms with Crippen molar-refractivity contribution in [2.45, 2.75) is 27.7 Å². The Hall–Kier alpha value is -0.677. The molecule has 17 heavy (non-hydrogen) atoms. The fraction of sp³-hybridized carbons (Fsp3) is 0.250. The van der Waals surface area contributed by atoms with Gasteiger partial charge in [0.2, 0.25) is 0 Å². The van der Waals surface area contributed by atoms with Gasteiger partial charge in [-0.15, -0.1) is 54.1 Å². The van der Waals surface area contributed by atoms with Crippen molar-refractivity contribution < 1.29 is 19.5 Å². The summed E-state index contributed by atoms with van der Waals surface area (Å²) < 4.78 is 0. The molecule has 1 aromatic rings. The van der Waals surface area contributed by atoms with Crippen LogP contribution in [0.15, 0.2) is 31.4 Å². The number of hydrogen-bond donors (Lipinski definition) is 0. The summed E-state index contributed by atoms with van der Waals surface area (Å²) in [6, 6.07) is 9.17. The molecule has 0 aliphatic heterocycles. The predicted molar refractivity (Wildman–Crippen MR) is 76.8 cm³/mol. The fourth-order valence-electron chi connectivity index (χ4n) is 0.956. The average molecular weight is 281 g/mol. The molecule has 0 amide bonds. The van der Waals surface area contributed by atoms with Crippen LogP contribution in [0.5, 0.6) is 0 Å². The van der Waals surface area contributed by atoms with Crippen molar-refractivity contribution in [3.63, 3.8) is 0 Å². The van der Waals surface area contributed by atoms with Crippen LogP contribution < -0.4 is 0 Å². The Balaban J connectivity index is -0.000000355. The largest absolute Gasteiger partial charge is 0.346 e. The molecular formula is C16H23Zn-3. The summed E-state index contributed by atoms with van der Waals surface area (Å²) in [4.78, 5) is 0. The maximum Gasteiger partial charge on any atom is 0 e. The van der Waals surface area contributed by atoms with Gasteiger partial charge in [0.15, 0.2) is 0 Å². The summed E-state index contributed by atoms with van der Waals surface area (Å²) in [7, 11) is 0. The van der Waals surface area contributed by atoms with Crippen LogP contribution in [-0.4, -0.2) is 0 Å². The zero-order valence-electron chi connectivity index (χ0n) is 11.8. The Morgan fingerprint density at radius 3 is 1.71 bits per heavy atom. The van der Waals surface area contributed by atoms with E-state index in [-0.39, 0.29) is 19.5 Å². The van der Waals surface area contributed by atoms with Gasteiger partial charge in [0.05, 0.1) is 0 Å². The summed E-state index contributed by atoms with van der Waals surface area (Å²) in [6.45, 7) is 21.7. The molecule has 0 aromatic heterocycles. The van der Waals surface area contributed by atoms with Crippen molar-refractivity contribution in [1.82, 2.24) is 0 Å². The van der Waals surface area contributed by atoms with Crippen molar-refractivity contribution >= 4 is 11.1 Å². The Labute approximate surface area is 121 Å². The monoisotopic (exact) mass is 279 g/mol. The first-order valence-electron chi connectivity index (χ1n) is 5.36. The summed E-state index contributed by atoms with van der Waals surface area (Å²) in [5, 5.41) is 0. The van der Waals surface area contributed by atoms with Crippen LogP contribution in [0.2, 0.25) is 0 Å². The van der Waals surface area contributed by atoms with Gasteiger partial charge in [0, 0.05) is 19.5 Å². The second-order valence-corrected chi connectivity index (χ2v) is 3.05. The molecule has 1 rings (SSSR count). The van der Waals surface area contributed by atoms with E-state index < -0.39 is 0 Å². The topological polar surface area (TPSA) is 0 Å². The number of benzene rings is 1. The molecule has 0 aliphatic carbocycles. The minimum atomic E-state index is 0. The zero-order valence-corrected chi connectivity index (χ0v) is 14.7. The maximum absolute atomic E-state index is 3.86. The summed E-state index contributed by atoms with van der Waals surface area (Å²) in [5.41, 5.74) is 4.32. The molecule has 0 radical (unpaired) electrons. The number of rotatable bonds is 2. The van der Waals surface area contributed by atoms with Crippen LogP contribution >= 0.6 is 0 Å². The van der Waals surface area contributed by atoms with Gasteiger partial charge in [-0.25, -0.2) is 0 Å². The maximum atomic E-state index is 3.86. The molecular weight excluding hydrogens is 258 g/mol. The van der Waals surface area contributed by atoms with Crippen LogP contribution in [0.4, 0.5) is 0 Å². The van der Waals surface area contributed by atoms with Gasteiger partial charge in [0.25, 0.3) is 0 Å². The number of hydrogen-bond acceptors (Lipinski definition) is 0. The van der Waals surface area contributed by atoms with E-state index in [4.69, 9.17) is 0 Å². The van der Waals surface area contributed by atoms with E-state index in [1.165, 1.54) is 0 Å². The van der Waals surface area contributed by atoms with Gasteiger partial charge < -0.3 is 13.8 Å². The van der Waals surface area contributed by atoms with Gasteiger partial charge >= 0.3 is 0 Å². The molecule has 0 atom stereocenters. The molecule has 0 unspecified atom stereocenters. The summed E-state index contributed by atoms with van der Waals surface area (Å²) in [6.07, 6.45) is 0. The Morgan fingerprint density at radius 1 is 1.00 bits per heavy atom. The molecule has 0 saturated heterocycles. The third-order valence-electron chi connectivity index (χ3n) is 1.77. The minimum Gasteiger partial charge on any atom is -0.346 e. The average Bonchev–Trinajstić information content (AvgIpc) is 2.34. The Bertz CT molecular complexity index is 274. The first kappa shape index (κ1) is 21.6. The van der Waals surface area contributed by atoms with Crippen LogP contribution in [0.25, 0.3) is 11.1 Å². The second kappa shape index (κ2) is 13.4. The third kappa shape index (κ3) is 9.06. The molecule has 1 aromatic carbocycles. The van der Waals surface area contributed by atoms with Crippen LogP contribution in [0.1, 0.15) is 38.8 Å². The van der Waals surface area contributed by atoms with Gasteiger partial charge in [-0.2, -0.15) is 13.8 Å². The second-order valence-electron chi connectivity index (χ2n) is 3.05. The molecule has 0 aliphatic rings. The quantitative estimate of drug-likeness (QED) is 0.514. The van der Waals surface area contributed by atoms with Crippen molar-refractivity contribution in [2.75, 3.05) is 0 Å². The molecule has 0 nitrogen and oxygen atoms in total. The fourth-order valence-corrected chi connectivity index (χ4v) is 0.956. The van der Waals surface area contributed by atoms with Crippen molar-refractivity contribution in [3.05, 3.63) is 62.4 Å².